The zero-order valence-electron chi connectivity index (χ0n) is 14.4. The van der Waals surface area contributed by atoms with E-state index in [-0.39, 0.29) is 17.2 Å². The van der Waals surface area contributed by atoms with Gasteiger partial charge in [0.05, 0.1) is 16.7 Å². The molecule has 3 rings (SSSR count). The van der Waals surface area contributed by atoms with Crippen molar-refractivity contribution in [1.29, 1.82) is 0 Å². The van der Waals surface area contributed by atoms with E-state index in [1.54, 1.807) is 11.6 Å². The molecular weight excluding hydrogens is 338 g/mol. The van der Waals surface area contributed by atoms with E-state index in [0.717, 1.165) is 24.8 Å². The summed E-state index contributed by atoms with van der Waals surface area (Å²) in [5, 5.41) is 12.3. The first-order chi connectivity index (χ1) is 12.2. The summed E-state index contributed by atoms with van der Waals surface area (Å²) in [5.74, 6) is 0.696. The number of thioether (sulfide) groups is 1. The van der Waals surface area contributed by atoms with Gasteiger partial charge in [0.15, 0.2) is 5.16 Å². The van der Waals surface area contributed by atoms with Crippen molar-refractivity contribution in [3.05, 3.63) is 34.6 Å². The molecule has 0 aliphatic carbocycles. The van der Waals surface area contributed by atoms with Crippen LogP contribution in [0.3, 0.4) is 0 Å². The number of hydrogen-bond acceptors (Lipinski definition) is 5. The maximum atomic E-state index is 12.9. The van der Waals surface area contributed by atoms with Crippen LogP contribution in [-0.4, -0.2) is 37.9 Å². The van der Waals surface area contributed by atoms with Gasteiger partial charge in [0, 0.05) is 13.6 Å². The number of amides is 1. The minimum absolute atomic E-state index is 0.0468. The molecule has 0 radical (unpaired) electrons. The lowest BCUT2D eigenvalue weighted by molar-refractivity contribution is -0.118. The number of benzene rings is 1. The quantitative estimate of drug-likeness (QED) is 0.516. The Morgan fingerprint density at radius 2 is 2.04 bits per heavy atom. The Balaban J connectivity index is 2.15. The first kappa shape index (κ1) is 17.5. The number of hydrogen-bond donors (Lipinski definition) is 1. The van der Waals surface area contributed by atoms with Gasteiger partial charge in [-0.25, -0.2) is 0 Å². The van der Waals surface area contributed by atoms with Crippen LogP contribution in [0.25, 0.3) is 16.7 Å². The average molecular weight is 359 g/mol. The van der Waals surface area contributed by atoms with E-state index >= 15 is 0 Å². The SMILES string of the molecule is CCCCCn1c(=O)c2ccccc2n2c(SCC(=O)NC)nnc12. The van der Waals surface area contributed by atoms with Crippen molar-refractivity contribution in [2.45, 2.75) is 37.9 Å². The summed E-state index contributed by atoms with van der Waals surface area (Å²) < 4.78 is 3.56. The summed E-state index contributed by atoms with van der Waals surface area (Å²) >= 11 is 1.31. The van der Waals surface area contributed by atoms with E-state index < -0.39 is 0 Å². The highest BCUT2D eigenvalue weighted by atomic mass is 32.2. The number of carbonyl (C=O) groups is 1. The Labute approximate surface area is 149 Å². The third-order valence-corrected chi connectivity index (χ3v) is 5.00. The standard InChI is InChI=1S/C17H21N5O2S/c1-3-4-7-10-21-15(24)12-8-5-6-9-13(12)22-16(21)19-20-17(22)25-11-14(23)18-2/h5-6,8-9H,3-4,7,10-11H2,1-2H3,(H,18,23). The molecule has 0 saturated heterocycles. The van der Waals surface area contributed by atoms with E-state index in [1.165, 1.54) is 11.8 Å². The molecule has 3 aromatic rings. The van der Waals surface area contributed by atoms with E-state index in [2.05, 4.69) is 22.4 Å². The lowest BCUT2D eigenvalue weighted by Gasteiger charge is -2.11. The second kappa shape index (κ2) is 7.69. The van der Waals surface area contributed by atoms with Crippen LogP contribution in [0, 0.1) is 0 Å². The molecule has 0 atom stereocenters. The molecule has 0 saturated carbocycles. The summed E-state index contributed by atoms with van der Waals surface area (Å²) in [6, 6.07) is 7.44. The number of carbonyl (C=O) groups excluding carboxylic acids is 1. The van der Waals surface area contributed by atoms with Gasteiger partial charge in [-0.05, 0) is 18.6 Å². The molecule has 0 bridgehead atoms. The topological polar surface area (TPSA) is 81.3 Å². The Morgan fingerprint density at radius 1 is 1.24 bits per heavy atom. The minimum Gasteiger partial charge on any atom is -0.358 e. The molecule has 1 amide bonds. The van der Waals surface area contributed by atoms with Crippen LogP contribution in [-0.2, 0) is 11.3 Å². The third-order valence-electron chi connectivity index (χ3n) is 4.07. The monoisotopic (exact) mass is 359 g/mol. The van der Waals surface area contributed by atoms with Gasteiger partial charge in [0.25, 0.3) is 5.56 Å². The average Bonchev–Trinajstić information content (AvgIpc) is 3.06. The maximum absolute atomic E-state index is 12.9. The van der Waals surface area contributed by atoms with Gasteiger partial charge < -0.3 is 5.32 Å². The van der Waals surface area contributed by atoms with Gasteiger partial charge in [0.2, 0.25) is 11.7 Å². The maximum Gasteiger partial charge on any atom is 0.262 e. The highest BCUT2D eigenvalue weighted by Gasteiger charge is 2.17. The van der Waals surface area contributed by atoms with E-state index in [9.17, 15) is 9.59 Å². The summed E-state index contributed by atoms with van der Waals surface area (Å²) in [6.45, 7) is 2.74. The van der Waals surface area contributed by atoms with Crippen molar-refractivity contribution in [3.8, 4) is 0 Å². The van der Waals surface area contributed by atoms with Crippen LogP contribution in [0.4, 0.5) is 0 Å². The number of nitrogens with zero attached hydrogens (tertiary/aromatic N) is 4. The molecule has 1 aromatic carbocycles. The fraction of sp³-hybridized carbons (Fsp3) is 0.412. The number of nitrogens with one attached hydrogen (secondary N) is 1. The van der Waals surface area contributed by atoms with Gasteiger partial charge in [0.1, 0.15) is 0 Å². The Morgan fingerprint density at radius 3 is 2.80 bits per heavy atom. The normalized spacial score (nSPS) is 11.3. The van der Waals surface area contributed by atoms with Gasteiger partial charge >= 0.3 is 0 Å². The Hall–Kier alpha value is -2.35. The molecule has 8 heteroatoms. The van der Waals surface area contributed by atoms with Crippen molar-refractivity contribution < 1.29 is 4.79 Å². The molecule has 0 aliphatic rings. The molecule has 0 aliphatic heterocycles. The van der Waals surface area contributed by atoms with Crippen LogP contribution in [0.15, 0.2) is 34.2 Å². The van der Waals surface area contributed by atoms with E-state index in [4.69, 9.17) is 0 Å². The van der Waals surface area contributed by atoms with Gasteiger partial charge in [-0.2, -0.15) is 0 Å². The highest BCUT2D eigenvalue weighted by molar-refractivity contribution is 7.99. The van der Waals surface area contributed by atoms with Crippen molar-refractivity contribution in [3.63, 3.8) is 0 Å². The second-order valence-corrected chi connectivity index (χ2v) is 6.70. The summed E-state index contributed by atoms with van der Waals surface area (Å²) in [5.41, 5.74) is 0.716. The van der Waals surface area contributed by atoms with Crippen LogP contribution < -0.4 is 10.9 Å². The summed E-state index contributed by atoms with van der Waals surface area (Å²) in [6.07, 6.45) is 3.05. The van der Waals surface area contributed by atoms with Crippen LogP contribution in [0.2, 0.25) is 0 Å². The molecule has 2 aromatic heterocycles. The van der Waals surface area contributed by atoms with E-state index in [0.29, 0.717) is 22.9 Å². The third kappa shape index (κ3) is 3.39. The van der Waals surface area contributed by atoms with Crippen molar-refractivity contribution >= 4 is 34.3 Å². The van der Waals surface area contributed by atoms with Crippen molar-refractivity contribution in [2.75, 3.05) is 12.8 Å². The fourth-order valence-electron chi connectivity index (χ4n) is 2.75. The summed E-state index contributed by atoms with van der Waals surface area (Å²) in [7, 11) is 1.60. The first-order valence-electron chi connectivity index (χ1n) is 8.37. The van der Waals surface area contributed by atoms with Gasteiger partial charge in [-0.1, -0.05) is 43.7 Å². The molecule has 0 unspecified atom stereocenters. The summed E-state index contributed by atoms with van der Waals surface area (Å²) in [4.78, 5) is 24.4. The zero-order chi connectivity index (χ0) is 17.8. The second-order valence-electron chi connectivity index (χ2n) is 5.76. The number of para-hydroxylation sites is 1. The molecule has 0 fully saturated rings. The highest BCUT2D eigenvalue weighted by Crippen LogP contribution is 2.21. The smallest absolute Gasteiger partial charge is 0.262 e. The van der Waals surface area contributed by atoms with Gasteiger partial charge in [-0.15, -0.1) is 10.2 Å². The largest absolute Gasteiger partial charge is 0.358 e. The molecule has 0 spiro atoms. The number of fused-ring (bicyclic) bond motifs is 3. The Kier molecular flexibility index (Phi) is 5.37. The zero-order valence-corrected chi connectivity index (χ0v) is 15.2. The molecule has 1 N–H and O–H groups in total. The van der Waals surface area contributed by atoms with Crippen LogP contribution >= 0.6 is 11.8 Å². The van der Waals surface area contributed by atoms with Crippen LogP contribution in [0.1, 0.15) is 26.2 Å². The minimum atomic E-state index is -0.0812. The Bertz CT molecular complexity index is 963. The van der Waals surface area contributed by atoms with Crippen molar-refractivity contribution in [1.82, 2.24) is 24.5 Å². The first-order valence-corrected chi connectivity index (χ1v) is 9.36. The number of rotatable bonds is 7. The van der Waals surface area contributed by atoms with Crippen molar-refractivity contribution in [2.24, 2.45) is 0 Å². The molecule has 2 heterocycles. The lowest BCUT2D eigenvalue weighted by Crippen LogP contribution is -2.23. The fourth-order valence-corrected chi connectivity index (χ4v) is 3.56. The predicted molar refractivity (Wildman–Crippen MR) is 99.1 cm³/mol. The van der Waals surface area contributed by atoms with Gasteiger partial charge in [-0.3, -0.25) is 18.6 Å². The predicted octanol–water partition coefficient (Wildman–Crippen LogP) is 2.07. The number of aryl methyl sites for hydroxylation is 1. The lowest BCUT2D eigenvalue weighted by atomic mass is 10.2. The number of unbranched alkanes of at least 4 members (excludes halogenated alkanes) is 2. The van der Waals surface area contributed by atoms with Crippen LogP contribution in [0.5, 0.6) is 0 Å². The molecule has 132 valence electrons. The molecule has 25 heavy (non-hydrogen) atoms. The van der Waals surface area contributed by atoms with E-state index in [1.807, 2.05) is 28.7 Å². The number of aromatic nitrogens is 4. The molecule has 7 nitrogen and oxygen atoms in total. The molecular formula is C17H21N5O2S.